The van der Waals surface area contributed by atoms with Crippen molar-refractivity contribution in [2.45, 2.75) is 25.8 Å². The zero-order valence-electron chi connectivity index (χ0n) is 14.3. The lowest BCUT2D eigenvalue weighted by atomic mass is 10.0. The Hall–Kier alpha value is -2.70. The molecule has 1 aliphatic rings. The second-order valence-corrected chi connectivity index (χ2v) is 6.37. The Morgan fingerprint density at radius 3 is 2.64 bits per heavy atom. The lowest BCUT2D eigenvalue weighted by molar-refractivity contribution is 0.0930. The first-order valence-electron chi connectivity index (χ1n) is 8.29. The van der Waals surface area contributed by atoms with Crippen molar-refractivity contribution in [3.8, 4) is 0 Å². The zero-order valence-corrected chi connectivity index (χ0v) is 14.3. The second kappa shape index (κ2) is 7.04. The number of anilines is 1. The Kier molecular flexibility index (Phi) is 4.83. The van der Waals surface area contributed by atoms with Gasteiger partial charge in [-0.05, 0) is 37.5 Å². The molecule has 25 heavy (non-hydrogen) atoms. The number of nitrogens with one attached hydrogen (secondary N) is 1. The normalized spacial score (nSPS) is 15.2. The summed E-state index contributed by atoms with van der Waals surface area (Å²) >= 11 is 0. The second-order valence-electron chi connectivity index (χ2n) is 6.37. The van der Waals surface area contributed by atoms with E-state index in [0.717, 1.165) is 31.6 Å². The third-order valence-corrected chi connectivity index (χ3v) is 4.58. The molecule has 0 bridgehead atoms. The first kappa shape index (κ1) is 17.1. The van der Waals surface area contributed by atoms with Crippen LogP contribution >= 0.6 is 0 Å². The standard InChI is InChI=1S/C18H21FN4O2/c1-12-3-4-13(9-16(12)19)18(25)21-14-5-7-23(8-6-14)15-10-17(24)22(2)20-11-15/h3-4,9-11,14H,5-8H2,1-2H3,(H,21,25). The van der Waals surface area contributed by atoms with Crippen molar-refractivity contribution in [2.75, 3.05) is 18.0 Å². The molecule has 0 atom stereocenters. The molecule has 1 N–H and O–H groups in total. The van der Waals surface area contributed by atoms with Crippen LogP contribution in [-0.2, 0) is 7.05 Å². The number of carbonyl (C=O) groups excluding carboxylic acids is 1. The van der Waals surface area contributed by atoms with Crippen molar-refractivity contribution in [3.63, 3.8) is 0 Å². The number of carbonyl (C=O) groups is 1. The lowest BCUT2D eigenvalue weighted by Crippen LogP contribution is -2.45. The van der Waals surface area contributed by atoms with Crippen molar-refractivity contribution in [3.05, 3.63) is 57.8 Å². The number of halogens is 1. The van der Waals surface area contributed by atoms with Gasteiger partial charge in [0.25, 0.3) is 11.5 Å². The Balaban J connectivity index is 1.58. The summed E-state index contributed by atoms with van der Waals surface area (Å²) in [6.07, 6.45) is 3.19. The van der Waals surface area contributed by atoms with E-state index in [2.05, 4.69) is 15.3 Å². The largest absolute Gasteiger partial charge is 0.370 e. The van der Waals surface area contributed by atoms with E-state index < -0.39 is 0 Å². The highest BCUT2D eigenvalue weighted by Gasteiger charge is 2.22. The quantitative estimate of drug-likeness (QED) is 0.919. The Morgan fingerprint density at radius 2 is 2.00 bits per heavy atom. The van der Waals surface area contributed by atoms with Gasteiger partial charge in [-0.3, -0.25) is 9.59 Å². The van der Waals surface area contributed by atoms with Gasteiger partial charge >= 0.3 is 0 Å². The third-order valence-electron chi connectivity index (χ3n) is 4.58. The van der Waals surface area contributed by atoms with E-state index in [1.54, 1.807) is 38.4 Å². The minimum absolute atomic E-state index is 0.0348. The number of rotatable bonds is 3. The van der Waals surface area contributed by atoms with Crippen LogP contribution < -0.4 is 15.8 Å². The van der Waals surface area contributed by atoms with Crippen molar-refractivity contribution < 1.29 is 9.18 Å². The first-order valence-corrected chi connectivity index (χ1v) is 8.29. The molecule has 1 aromatic carbocycles. The zero-order chi connectivity index (χ0) is 18.0. The minimum Gasteiger partial charge on any atom is -0.370 e. The number of benzene rings is 1. The molecule has 3 rings (SSSR count). The van der Waals surface area contributed by atoms with Crippen LogP contribution in [0.15, 0.2) is 35.3 Å². The highest BCUT2D eigenvalue weighted by atomic mass is 19.1. The number of aromatic nitrogens is 2. The molecule has 132 valence electrons. The fourth-order valence-electron chi connectivity index (χ4n) is 2.92. The fraction of sp³-hybridized carbons (Fsp3) is 0.389. The number of aryl methyl sites for hydroxylation is 2. The topological polar surface area (TPSA) is 67.2 Å². The molecule has 0 aliphatic carbocycles. The molecule has 2 heterocycles. The van der Waals surface area contributed by atoms with Crippen LogP contribution in [0, 0.1) is 12.7 Å². The van der Waals surface area contributed by atoms with Crippen LogP contribution in [0.5, 0.6) is 0 Å². The predicted molar refractivity (Wildman–Crippen MR) is 93.3 cm³/mol. The number of hydrogen-bond donors (Lipinski definition) is 1. The monoisotopic (exact) mass is 344 g/mol. The van der Waals surface area contributed by atoms with Crippen LogP contribution in [0.3, 0.4) is 0 Å². The first-order chi connectivity index (χ1) is 11.9. The molecule has 0 unspecified atom stereocenters. The van der Waals surface area contributed by atoms with Crippen LogP contribution in [0.1, 0.15) is 28.8 Å². The van der Waals surface area contributed by atoms with Gasteiger partial charge in [0, 0.05) is 37.8 Å². The van der Waals surface area contributed by atoms with Gasteiger partial charge < -0.3 is 10.2 Å². The van der Waals surface area contributed by atoms with Crippen LogP contribution in [0.25, 0.3) is 0 Å². The van der Waals surface area contributed by atoms with Gasteiger partial charge in [-0.15, -0.1) is 0 Å². The Bertz CT molecular complexity index is 841. The molecule has 1 amide bonds. The van der Waals surface area contributed by atoms with Crippen molar-refractivity contribution >= 4 is 11.6 Å². The van der Waals surface area contributed by atoms with Gasteiger partial charge in [-0.1, -0.05) is 6.07 Å². The molecule has 2 aromatic rings. The van der Waals surface area contributed by atoms with Crippen LogP contribution in [0.2, 0.25) is 0 Å². The molecular formula is C18H21FN4O2. The van der Waals surface area contributed by atoms with E-state index >= 15 is 0 Å². The average molecular weight is 344 g/mol. The third kappa shape index (κ3) is 3.87. The number of piperidine rings is 1. The van der Waals surface area contributed by atoms with Crippen LogP contribution in [0.4, 0.5) is 10.1 Å². The maximum Gasteiger partial charge on any atom is 0.268 e. The number of hydrogen-bond acceptors (Lipinski definition) is 4. The van der Waals surface area contributed by atoms with E-state index in [9.17, 15) is 14.0 Å². The molecule has 1 fully saturated rings. The highest BCUT2D eigenvalue weighted by molar-refractivity contribution is 5.94. The Morgan fingerprint density at radius 1 is 1.28 bits per heavy atom. The van der Waals surface area contributed by atoms with Crippen molar-refractivity contribution in [1.82, 2.24) is 15.1 Å². The van der Waals surface area contributed by atoms with E-state index in [0.29, 0.717) is 11.1 Å². The summed E-state index contributed by atoms with van der Waals surface area (Å²) < 4.78 is 14.9. The summed E-state index contributed by atoms with van der Waals surface area (Å²) in [5.41, 5.74) is 1.51. The van der Waals surface area contributed by atoms with Crippen molar-refractivity contribution in [2.24, 2.45) is 7.05 Å². The maximum atomic E-state index is 13.6. The van der Waals surface area contributed by atoms with Gasteiger partial charge in [-0.25, -0.2) is 9.07 Å². The molecular weight excluding hydrogens is 323 g/mol. The molecule has 0 radical (unpaired) electrons. The number of amides is 1. The number of nitrogens with zero attached hydrogens (tertiary/aromatic N) is 3. The molecule has 0 saturated carbocycles. The Labute approximate surface area is 145 Å². The molecule has 1 aliphatic heterocycles. The molecule has 0 spiro atoms. The SMILES string of the molecule is Cc1ccc(C(=O)NC2CCN(c3cnn(C)c(=O)c3)CC2)cc1F. The van der Waals surface area contributed by atoms with Gasteiger partial charge in [0.05, 0.1) is 11.9 Å². The molecule has 7 heteroatoms. The summed E-state index contributed by atoms with van der Waals surface area (Å²) in [6.45, 7) is 3.11. The van der Waals surface area contributed by atoms with Gasteiger partial charge in [0.1, 0.15) is 5.82 Å². The van der Waals surface area contributed by atoms with E-state index in [-0.39, 0.29) is 23.3 Å². The van der Waals surface area contributed by atoms with Gasteiger partial charge in [-0.2, -0.15) is 5.10 Å². The predicted octanol–water partition coefficient (Wildman–Crippen LogP) is 1.63. The summed E-state index contributed by atoms with van der Waals surface area (Å²) in [4.78, 5) is 26.0. The minimum atomic E-state index is -0.374. The summed E-state index contributed by atoms with van der Waals surface area (Å²) in [5, 5.41) is 6.99. The summed E-state index contributed by atoms with van der Waals surface area (Å²) in [5.74, 6) is -0.631. The lowest BCUT2D eigenvalue weighted by Gasteiger charge is -2.33. The van der Waals surface area contributed by atoms with E-state index in [4.69, 9.17) is 0 Å². The highest BCUT2D eigenvalue weighted by Crippen LogP contribution is 2.18. The average Bonchev–Trinajstić information content (AvgIpc) is 2.60. The molecule has 6 nitrogen and oxygen atoms in total. The smallest absolute Gasteiger partial charge is 0.268 e. The van der Waals surface area contributed by atoms with Crippen molar-refractivity contribution in [1.29, 1.82) is 0 Å². The maximum absolute atomic E-state index is 13.6. The molecule has 1 aromatic heterocycles. The summed E-state index contributed by atoms with van der Waals surface area (Å²) in [6, 6.07) is 6.11. The van der Waals surface area contributed by atoms with E-state index in [1.165, 1.54) is 10.7 Å². The molecule has 1 saturated heterocycles. The summed E-state index contributed by atoms with van der Waals surface area (Å²) in [7, 11) is 1.61. The fourth-order valence-corrected chi connectivity index (χ4v) is 2.92. The van der Waals surface area contributed by atoms with Crippen LogP contribution in [-0.4, -0.2) is 34.8 Å². The van der Waals surface area contributed by atoms with E-state index in [1.807, 2.05) is 0 Å². The van der Waals surface area contributed by atoms with Gasteiger partial charge in [0.2, 0.25) is 0 Å². The van der Waals surface area contributed by atoms with Gasteiger partial charge in [0.15, 0.2) is 0 Å².